The van der Waals surface area contributed by atoms with E-state index >= 15 is 4.39 Å². The van der Waals surface area contributed by atoms with E-state index in [0.29, 0.717) is 36.7 Å². The van der Waals surface area contributed by atoms with Gasteiger partial charge in [-0.2, -0.15) is 13.2 Å². The lowest BCUT2D eigenvalue weighted by Crippen LogP contribution is -2.50. The second-order valence-electron chi connectivity index (χ2n) is 12.4. The Morgan fingerprint density at radius 2 is 1.74 bits per heavy atom. The second kappa shape index (κ2) is 11.9. The van der Waals surface area contributed by atoms with Gasteiger partial charge in [-0.15, -0.1) is 0 Å². The number of carbonyl (C=O) groups is 2. The molecule has 1 N–H and O–H groups in total. The number of aliphatic carboxylic acids is 1. The lowest BCUT2D eigenvalue weighted by Gasteiger charge is -2.38. The third-order valence-corrected chi connectivity index (χ3v) is 9.97. The minimum Gasteiger partial charge on any atom is -0.481 e. The summed E-state index contributed by atoms with van der Waals surface area (Å²) in [5.41, 5.74) is -3.10. The number of benzene rings is 1. The van der Waals surface area contributed by atoms with Crippen molar-refractivity contribution in [3.05, 3.63) is 29.3 Å². The van der Waals surface area contributed by atoms with Gasteiger partial charge in [0.1, 0.15) is 5.60 Å². The van der Waals surface area contributed by atoms with Crippen LogP contribution in [-0.4, -0.2) is 104 Å². The molecule has 3 atom stereocenters. The monoisotopic (exact) mass is 599 g/mol. The van der Waals surface area contributed by atoms with E-state index in [0.717, 1.165) is 37.8 Å². The lowest BCUT2D eigenvalue weighted by atomic mass is 9.83. The molecule has 4 fully saturated rings. The second-order valence-corrected chi connectivity index (χ2v) is 12.4. The van der Waals surface area contributed by atoms with Crippen LogP contribution in [0.1, 0.15) is 62.0 Å². The minimum absolute atomic E-state index is 0.0392. The number of hydrogen-bond acceptors (Lipinski definition) is 6. The maximum atomic E-state index is 16.3. The number of likely N-dealkylation sites (tertiary alicyclic amines) is 2. The molecule has 3 aliphatic heterocycles. The van der Waals surface area contributed by atoms with E-state index in [1.807, 2.05) is 0 Å². The van der Waals surface area contributed by atoms with Crippen molar-refractivity contribution < 1.29 is 41.7 Å². The molecule has 0 aromatic heterocycles. The number of rotatable bonds is 8. The van der Waals surface area contributed by atoms with Crippen molar-refractivity contribution >= 4 is 17.6 Å². The Bertz CT molecular complexity index is 1150. The minimum atomic E-state index is -4.58. The van der Waals surface area contributed by atoms with Gasteiger partial charge >= 0.3 is 12.1 Å². The normalized spacial score (nSPS) is 30.0. The predicted molar refractivity (Wildman–Crippen MR) is 147 cm³/mol. The van der Waals surface area contributed by atoms with Crippen LogP contribution < -0.4 is 4.90 Å². The smallest absolute Gasteiger partial charge is 0.416 e. The van der Waals surface area contributed by atoms with Gasteiger partial charge in [-0.3, -0.25) is 14.5 Å². The van der Waals surface area contributed by atoms with Crippen molar-refractivity contribution in [3.63, 3.8) is 0 Å². The lowest BCUT2D eigenvalue weighted by molar-refractivity contribution is -0.144. The van der Waals surface area contributed by atoms with E-state index in [2.05, 4.69) is 4.90 Å². The maximum Gasteiger partial charge on any atom is 0.416 e. The van der Waals surface area contributed by atoms with Gasteiger partial charge in [0.2, 0.25) is 5.67 Å². The summed E-state index contributed by atoms with van der Waals surface area (Å²) in [6.45, 7) is 1.27. The molecule has 12 heteroatoms. The summed E-state index contributed by atoms with van der Waals surface area (Å²) < 4.78 is 69.3. The number of carboxylic acid groups (broad SMARTS) is 1. The molecule has 42 heavy (non-hydrogen) atoms. The Kier molecular flexibility index (Phi) is 8.80. The first kappa shape index (κ1) is 31.0. The van der Waals surface area contributed by atoms with Gasteiger partial charge in [0.25, 0.3) is 5.91 Å². The van der Waals surface area contributed by atoms with Crippen LogP contribution in [0.4, 0.5) is 23.2 Å². The molecule has 4 aliphatic rings. The molecule has 0 bridgehead atoms. The highest BCUT2D eigenvalue weighted by Gasteiger charge is 2.56. The van der Waals surface area contributed by atoms with Crippen LogP contribution in [0.3, 0.4) is 0 Å². The molecule has 5 rings (SSSR count). The van der Waals surface area contributed by atoms with Crippen LogP contribution in [0.25, 0.3) is 0 Å². The van der Waals surface area contributed by atoms with E-state index in [1.54, 1.807) is 4.90 Å². The number of nitrogens with zero attached hydrogens (tertiary/aromatic N) is 3. The Labute approximate surface area is 243 Å². The van der Waals surface area contributed by atoms with E-state index in [1.165, 1.54) is 25.2 Å². The van der Waals surface area contributed by atoms with E-state index in [4.69, 9.17) is 9.47 Å². The highest BCUT2D eigenvalue weighted by Crippen LogP contribution is 2.46. The average Bonchev–Trinajstić information content (AvgIpc) is 3.72. The number of carboxylic acids is 1. The van der Waals surface area contributed by atoms with Gasteiger partial charge < -0.3 is 24.4 Å². The number of hydrogen-bond donors (Lipinski definition) is 1. The van der Waals surface area contributed by atoms with Gasteiger partial charge in [-0.25, -0.2) is 4.39 Å². The Morgan fingerprint density at radius 1 is 1.05 bits per heavy atom. The Morgan fingerprint density at radius 3 is 2.33 bits per heavy atom. The highest BCUT2D eigenvalue weighted by atomic mass is 19.4. The number of piperidine rings is 1. The molecule has 1 amide bonds. The molecule has 0 unspecified atom stereocenters. The standard InChI is InChI=1S/C30H41F4N3O5/c1-41-19-29(42-2)18-37(27(40)28(31)11-14-36(17-28)22-5-3-4-6-22)16-24(29)23-8-7-21(30(32,33)34)15-25(23)35-12-9-20(10-13-35)26(38)39/h7-8,15,20,22,24H,3-6,9-14,16-19H2,1-2H3,(H,38,39)/t24-,28-,29+/m1/s1. The molecule has 3 heterocycles. The molecular weight excluding hydrogens is 558 g/mol. The number of amides is 1. The van der Waals surface area contributed by atoms with Crippen LogP contribution in [0.15, 0.2) is 18.2 Å². The SMILES string of the molecule is COC[C@@]1(OC)CN(C(=O)[C@@]2(F)CCN(C3CCCC3)C2)C[C@@H]1c1ccc(C(F)(F)F)cc1N1CCC(C(=O)O)CC1. The summed E-state index contributed by atoms with van der Waals surface area (Å²) in [6, 6.07) is 3.84. The molecule has 3 saturated heterocycles. The molecule has 0 spiro atoms. The van der Waals surface area contributed by atoms with Gasteiger partial charge in [0.15, 0.2) is 0 Å². The van der Waals surface area contributed by atoms with Crippen molar-refractivity contribution in [2.75, 3.05) is 65.0 Å². The molecule has 234 valence electrons. The van der Waals surface area contributed by atoms with Gasteiger partial charge in [0, 0.05) is 71.0 Å². The summed E-state index contributed by atoms with van der Waals surface area (Å²) >= 11 is 0. The van der Waals surface area contributed by atoms with Crippen LogP contribution in [0, 0.1) is 5.92 Å². The quantitative estimate of drug-likeness (QED) is 0.446. The summed E-state index contributed by atoms with van der Waals surface area (Å²) in [4.78, 5) is 30.7. The molecule has 1 aromatic rings. The van der Waals surface area contributed by atoms with Crippen molar-refractivity contribution in [2.24, 2.45) is 5.92 Å². The third kappa shape index (κ3) is 5.86. The zero-order valence-corrected chi connectivity index (χ0v) is 24.3. The number of carbonyl (C=O) groups excluding carboxylic acids is 1. The molecule has 1 aromatic carbocycles. The zero-order chi connectivity index (χ0) is 30.3. The first-order chi connectivity index (χ1) is 19.9. The fourth-order valence-electron chi connectivity index (χ4n) is 7.57. The van der Waals surface area contributed by atoms with Crippen LogP contribution >= 0.6 is 0 Å². The average molecular weight is 600 g/mol. The zero-order valence-electron chi connectivity index (χ0n) is 24.3. The topological polar surface area (TPSA) is 82.6 Å². The number of anilines is 1. The van der Waals surface area contributed by atoms with E-state index in [9.17, 15) is 27.9 Å². The molecule has 0 radical (unpaired) electrons. The predicted octanol–water partition coefficient (Wildman–Crippen LogP) is 4.32. The van der Waals surface area contributed by atoms with Gasteiger partial charge in [0.05, 0.1) is 24.6 Å². The van der Waals surface area contributed by atoms with Crippen LogP contribution in [0.5, 0.6) is 0 Å². The summed E-state index contributed by atoms with van der Waals surface area (Å²) in [5.74, 6) is -2.69. The summed E-state index contributed by atoms with van der Waals surface area (Å²) in [7, 11) is 2.96. The van der Waals surface area contributed by atoms with E-state index < -0.39 is 46.7 Å². The largest absolute Gasteiger partial charge is 0.481 e. The molecule has 1 aliphatic carbocycles. The molecular formula is C30H41F4N3O5. The van der Waals surface area contributed by atoms with Crippen molar-refractivity contribution in [2.45, 2.75) is 74.4 Å². The van der Waals surface area contributed by atoms with Crippen molar-refractivity contribution in [3.8, 4) is 0 Å². The summed E-state index contributed by atoms with van der Waals surface area (Å²) in [6.07, 6.45) is 0.374. The van der Waals surface area contributed by atoms with Crippen molar-refractivity contribution in [1.82, 2.24) is 9.80 Å². The summed E-state index contributed by atoms with van der Waals surface area (Å²) in [5, 5.41) is 9.43. The molecule has 1 saturated carbocycles. The highest BCUT2D eigenvalue weighted by molar-refractivity contribution is 5.86. The van der Waals surface area contributed by atoms with E-state index in [-0.39, 0.29) is 45.8 Å². The fraction of sp³-hybridized carbons (Fsp3) is 0.733. The fourth-order valence-corrected chi connectivity index (χ4v) is 7.57. The van der Waals surface area contributed by atoms with Gasteiger partial charge in [-0.05, 0) is 43.4 Å². The molecule has 8 nitrogen and oxygen atoms in total. The maximum absolute atomic E-state index is 16.3. The third-order valence-electron chi connectivity index (χ3n) is 9.97. The van der Waals surface area contributed by atoms with Crippen molar-refractivity contribution in [1.29, 1.82) is 0 Å². The number of ether oxygens (including phenoxy) is 2. The number of halogens is 4. The first-order valence-electron chi connectivity index (χ1n) is 14.9. The van der Waals surface area contributed by atoms with Crippen LogP contribution in [-0.2, 0) is 25.2 Å². The Hall–Kier alpha value is -2.44. The number of alkyl halides is 4. The van der Waals surface area contributed by atoms with Gasteiger partial charge in [-0.1, -0.05) is 18.9 Å². The Balaban J connectivity index is 1.46. The van der Waals surface area contributed by atoms with Crippen LogP contribution in [0.2, 0.25) is 0 Å². The number of methoxy groups -OCH3 is 2. The first-order valence-corrected chi connectivity index (χ1v) is 14.9.